The van der Waals surface area contributed by atoms with Gasteiger partial charge in [-0.25, -0.2) is 4.98 Å². The molecule has 2 aromatic heterocycles. The van der Waals surface area contributed by atoms with Gasteiger partial charge < -0.3 is 14.5 Å². The molecule has 0 aliphatic heterocycles. The smallest absolute Gasteiger partial charge is 0.251 e. The summed E-state index contributed by atoms with van der Waals surface area (Å²) in [6.07, 6.45) is 1.95. The average molecular weight is 317 g/mol. The van der Waals surface area contributed by atoms with Gasteiger partial charge in [0.05, 0.1) is 17.6 Å². The first-order chi connectivity index (χ1) is 10.6. The predicted octanol–water partition coefficient (Wildman–Crippen LogP) is 2.98. The number of nitrogens with zero attached hydrogens (tertiary/aromatic N) is 3. The van der Waals surface area contributed by atoms with Crippen LogP contribution in [0.4, 0.5) is 0 Å². The Morgan fingerprint density at radius 3 is 2.86 bits per heavy atom. The van der Waals surface area contributed by atoms with Crippen molar-refractivity contribution in [2.24, 2.45) is 7.05 Å². The van der Waals surface area contributed by atoms with Gasteiger partial charge in [0.15, 0.2) is 0 Å². The fourth-order valence-corrected chi connectivity index (χ4v) is 2.80. The number of hydrogen-bond donors (Lipinski definition) is 1. The molecule has 5 nitrogen and oxygen atoms in total. The number of aromatic nitrogens is 3. The van der Waals surface area contributed by atoms with Crippen LogP contribution in [-0.2, 0) is 20.1 Å². The lowest BCUT2D eigenvalue weighted by atomic mass is 10.2. The number of benzene rings is 1. The Labute approximate surface area is 133 Å². The zero-order valence-corrected chi connectivity index (χ0v) is 13.3. The Morgan fingerprint density at radius 1 is 1.36 bits per heavy atom. The molecule has 114 valence electrons. The van der Waals surface area contributed by atoms with Gasteiger partial charge in [-0.15, -0.1) is 0 Å². The van der Waals surface area contributed by atoms with E-state index in [1.165, 1.54) is 0 Å². The minimum atomic E-state index is -0.120. The van der Waals surface area contributed by atoms with Crippen molar-refractivity contribution in [3.8, 4) is 0 Å². The molecule has 0 saturated carbocycles. The first kappa shape index (κ1) is 14.7. The Morgan fingerprint density at radius 2 is 2.18 bits per heavy atom. The highest BCUT2D eigenvalue weighted by Gasteiger charge is 2.11. The molecule has 0 saturated heterocycles. The second-order valence-electron chi connectivity index (χ2n) is 5.12. The average Bonchev–Trinajstić information content (AvgIpc) is 3.05. The van der Waals surface area contributed by atoms with Crippen molar-refractivity contribution in [2.45, 2.75) is 20.0 Å². The minimum Gasteiger partial charge on any atom is -0.353 e. The van der Waals surface area contributed by atoms with E-state index >= 15 is 0 Å². The van der Waals surface area contributed by atoms with Crippen molar-refractivity contribution in [3.05, 3.63) is 53.1 Å². The maximum atomic E-state index is 12.3. The second-order valence-corrected chi connectivity index (χ2v) is 5.46. The number of imidazole rings is 1. The summed E-state index contributed by atoms with van der Waals surface area (Å²) in [5.74, 6) is -0.120. The van der Waals surface area contributed by atoms with E-state index in [0.29, 0.717) is 17.4 Å². The van der Waals surface area contributed by atoms with Crippen molar-refractivity contribution in [1.29, 1.82) is 0 Å². The Balaban J connectivity index is 1.81. The van der Waals surface area contributed by atoms with Gasteiger partial charge in [0.2, 0.25) is 5.28 Å². The van der Waals surface area contributed by atoms with Crippen LogP contribution in [0.3, 0.4) is 0 Å². The third kappa shape index (κ3) is 2.60. The lowest BCUT2D eigenvalue weighted by Gasteiger charge is -2.07. The molecule has 0 radical (unpaired) electrons. The number of carbonyl (C=O) groups excluding carboxylic acids is 1. The molecule has 2 heterocycles. The first-order valence-corrected chi connectivity index (χ1v) is 7.52. The number of carbonyl (C=O) groups is 1. The molecule has 22 heavy (non-hydrogen) atoms. The Kier molecular flexibility index (Phi) is 3.90. The third-order valence-electron chi connectivity index (χ3n) is 3.76. The van der Waals surface area contributed by atoms with Crippen molar-refractivity contribution in [1.82, 2.24) is 19.4 Å². The van der Waals surface area contributed by atoms with Crippen LogP contribution in [0.15, 0.2) is 36.5 Å². The highest BCUT2D eigenvalue weighted by molar-refractivity contribution is 6.29. The van der Waals surface area contributed by atoms with Gasteiger partial charge in [0.25, 0.3) is 5.91 Å². The summed E-state index contributed by atoms with van der Waals surface area (Å²) in [6, 6.07) is 9.38. The van der Waals surface area contributed by atoms with E-state index in [2.05, 4.69) is 10.3 Å². The number of halogens is 1. The molecule has 0 spiro atoms. The molecule has 6 heteroatoms. The lowest BCUT2D eigenvalue weighted by molar-refractivity contribution is 0.0950. The van der Waals surface area contributed by atoms with Gasteiger partial charge in [-0.3, -0.25) is 4.79 Å². The summed E-state index contributed by atoms with van der Waals surface area (Å²) in [5.41, 5.74) is 3.30. The largest absolute Gasteiger partial charge is 0.353 e. The zero-order chi connectivity index (χ0) is 15.7. The van der Waals surface area contributed by atoms with Gasteiger partial charge in [0, 0.05) is 31.0 Å². The van der Waals surface area contributed by atoms with Crippen LogP contribution in [0.1, 0.15) is 23.0 Å². The number of rotatable bonds is 4. The SMILES string of the molecule is CCn1c(Cl)nc2cc(C(=O)NCc3cccn3C)ccc21. The molecule has 1 amide bonds. The summed E-state index contributed by atoms with van der Waals surface area (Å²) in [6.45, 7) is 3.24. The highest BCUT2D eigenvalue weighted by Crippen LogP contribution is 2.21. The van der Waals surface area contributed by atoms with E-state index in [0.717, 1.165) is 23.3 Å². The highest BCUT2D eigenvalue weighted by atomic mass is 35.5. The predicted molar refractivity (Wildman–Crippen MR) is 87.0 cm³/mol. The van der Waals surface area contributed by atoms with E-state index < -0.39 is 0 Å². The summed E-state index contributed by atoms with van der Waals surface area (Å²) in [5, 5.41) is 3.36. The summed E-state index contributed by atoms with van der Waals surface area (Å²) >= 11 is 6.09. The molecule has 0 atom stereocenters. The molecule has 0 bridgehead atoms. The van der Waals surface area contributed by atoms with Gasteiger partial charge >= 0.3 is 0 Å². The van der Waals surface area contributed by atoms with E-state index in [9.17, 15) is 4.79 Å². The Bertz CT molecular complexity index is 834. The molecule has 3 aromatic rings. The van der Waals surface area contributed by atoms with Crippen LogP contribution in [0.25, 0.3) is 11.0 Å². The van der Waals surface area contributed by atoms with Crippen molar-refractivity contribution in [3.63, 3.8) is 0 Å². The number of hydrogen-bond acceptors (Lipinski definition) is 2. The lowest BCUT2D eigenvalue weighted by Crippen LogP contribution is -2.23. The van der Waals surface area contributed by atoms with Gasteiger partial charge in [-0.2, -0.15) is 0 Å². The standard InChI is InChI=1S/C16H17ClN4O/c1-3-21-14-7-6-11(9-13(14)19-16(21)17)15(22)18-10-12-5-4-8-20(12)2/h4-9H,3,10H2,1-2H3,(H,18,22). The molecule has 0 fully saturated rings. The monoisotopic (exact) mass is 316 g/mol. The Hall–Kier alpha value is -2.27. The van der Waals surface area contributed by atoms with Gasteiger partial charge in [-0.05, 0) is 48.9 Å². The normalized spacial score (nSPS) is 11.0. The van der Waals surface area contributed by atoms with Crippen molar-refractivity contribution < 1.29 is 4.79 Å². The number of aryl methyl sites for hydroxylation is 2. The van der Waals surface area contributed by atoms with Crippen LogP contribution in [0, 0.1) is 0 Å². The second kappa shape index (κ2) is 5.85. The van der Waals surface area contributed by atoms with Crippen LogP contribution in [-0.4, -0.2) is 20.0 Å². The summed E-state index contributed by atoms with van der Waals surface area (Å²) in [4.78, 5) is 16.6. The minimum absolute atomic E-state index is 0.120. The summed E-state index contributed by atoms with van der Waals surface area (Å²) < 4.78 is 3.88. The van der Waals surface area contributed by atoms with Gasteiger partial charge in [-0.1, -0.05) is 0 Å². The number of amides is 1. The maximum Gasteiger partial charge on any atom is 0.251 e. The van der Waals surface area contributed by atoms with E-state index in [1.54, 1.807) is 12.1 Å². The quantitative estimate of drug-likeness (QED) is 0.804. The summed E-state index contributed by atoms with van der Waals surface area (Å²) in [7, 11) is 1.95. The van der Waals surface area contributed by atoms with Crippen molar-refractivity contribution >= 4 is 28.5 Å². The fourth-order valence-electron chi connectivity index (χ4n) is 2.50. The fraction of sp³-hybridized carbons (Fsp3) is 0.250. The maximum absolute atomic E-state index is 12.3. The molecule has 1 N–H and O–H groups in total. The van der Waals surface area contributed by atoms with E-state index in [-0.39, 0.29) is 5.91 Å². The zero-order valence-electron chi connectivity index (χ0n) is 12.5. The van der Waals surface area contributed by atoms with Crippen molar-refractivity contribution in [2.75, 3.05) is 0 Å². The van der Waals surface area contributed by atoms with Crippen LogP contribution in [0.5, 0.6) is 0 Å². The molecule has 0 unspecified atom stereocenters. The van der Waals surface area contributed by atoms with Crippen LogP contribution in [0.2, 0.25) is 5.28 Å². The van der Waals surface area contributed by atoms with E-state index in [4.69, 9.17) is 11.6 Å². The molecule has 3 rings (SSSR count). The first-order valence-electron chi connectivity index (χ1n) is 7.14. The molecular formula is C16H17ClN4O. The number of fused-ring (bicyclic) bond motifs is 1. The molecular weight excluding hydrogens is 300 g/mol. The van der Waals surface area contributed by atoms with E-state index in [1.807, 2.05) is 47.5 Å². The topological polar surface area (TPSA) is 51.9 Å². The molecule has 0 aliphatic carbocycles. The van der Waals surface area contributed by atoms with Gasteiger partial charge in [0.1, 0.15) is 0 Å². The third-order valence-corrected chi connectivity index (χ3v) is 4.05. The number of nitrogens with one attached hydrogen (secondary N) is 1. The van der Waals surface area contributed by atoms with Crippen LogP contribution < -0.4 is 5.32 Å². The van der Waals surface area contributed by atoms with Crippen LogP contribution >= 0.6 is 11.6 Å². The molecule has 1 aromatic carbocycles. The molecule has 0 aliphatic rings.